The Kier molecular flexibility index (Phi) is 3.83. The van der Waals surface area contributed by atoms with Crippen LogP contribution in [0.15, 0.2) is 24.3 Å². The Bertz CT molecular complexity index is 611. The molecule has 0 atom stereocenters. The smallest absolute Gasteiger partial charge is 0.143 e. The third kappa shape index (κ3) is 2.48. The van der Waals surface area contributed by atoms with Gasteiger partial charge in [0, 0.05) is 12.5 Å². The topological polar surface area (TPSA) is 46.9 Å². The molecule has 1 N–H and O–H groups in total. The molecule has 2 heterocycles. The van der Waals surface area contributed by atoms with E-state index in [0.717, 1.165) is 49.3 Å². The third-order valence-corrected chi connectivity index (χ3v) is 4.18. The van der Waals surface area contributed by atoms with Gasteiger partial charge in [-0.1, -0.05) is 12.1 Å². The maximum absolute atomic E-state index is 12.4. The lowest BCUT2D eigenvalue weighted by Gasteiger charge is -2.21. The van der Waals surface area contributed by atoms with Crippen LogP contribution in [0.2, 0.25) is 0 Å². The minimum Gasteiger partial charge on any atom is -0.328 e. The first kappa shape index (κ1) is 13.3. The van der Waals surface area contributed by atoms with Crippen molar-refractivity contribution in [1.82, 2.24) is 14.9 Å². The van der Waals surface area contributed by atoms with Crippen molar-refractivity contribution in [3.05, 3.63) is 30.1 Å². The standard InChI is InChI=1S/C16H21N3O/c1-2-19-14-6-4-3-5-13(14)18-16(19)11-15(20)12-7-9-17-10-8-12/h3-6,12,17H,2,7-11H2,1H3. The molecule has 1 saturated heterocycles. The summed E-state index contributed by atoms with van der Waals surface area (Å²) in [5.74, 6) is 1.47. The number of piperidine rings is 1. The molecular weight excluding hydrogens is 250 g/mol. The van der Waals surface area contributed by atoms with Crippen LogP contribution in [-0.2, 0) is 17.8 Å². The lowest BCUT2D eigenvalue weighted by Crippen LogP contribution is -2.32. The van der Waals surface area contributed by atoms with Gasteiger partial charge < -0.3 is 9.88 Å². The highest BCUT2D eigenvalue weighted by Gasteiger charge is 2.23. The number of nitrogens with zero attached hydrogens (tertiary/aromatic N) is 2. The summed E-state index contributed by atoms with van der Waals surface area (Å²) >= 11 is 0. The Balaban J connectivity index is 1.84. The first-order chi connectivity index (χ1) is 9.79. The molecule has 0 saturated carbocycles. The van der Waals surface area contributed by atoms with Gasteiger partial charge in [0.2, 0.25) is 0 Å². The zero-order chi connectivity index (χ0) is 13.9. The second kappa shape index (κ2) is 5.75. The molecule has 0 amide bonds. The number of benzene rings is 1. The second-order valence-electron chi connectivity index (χ2n) is 5.43. The van der Waals surface area contributed by atoms with Gasteiger partial charge >= 0.3 is 0 Å². The SMILES string of the molecule is CCn1c(CC(=O)C2CCNCC2)nc2ccccc21. The minimum absolute atomic E-state index is 0.210. The largest absolute Gasteiger partial charge is 0.328 e. The van der Waals surface area contributed by atoms with Gasteiger partial charge in [0.05, 0.1) is 17.5 Å². The highest BCUT2D eigenvalue weighted by atomic mass is 16.1. The fourth-order valence-electron chi connectivity index (χ4n) is 3.06. The first-order valence-corrected chi connectivity index (χ1v) is 7.47. The molecular formula is C16H21N3O. The van der Waals surface area contributed by atoms with Crippen LogP contribution < -0.4 is 5.32 Å². The summed E-state index contributed by atoms with van der Waals surface area (Å²) in [6.07, 6.45) is 2.39. The summed E-state index contributed by atoms with van der Waals surface area (Å²) < 4.78 is 2.16. The predicted molar refractivity (Wildman–Crippen MR) is 79.7 cm³/mol. The summed E-state index contributed by atoms with van der Waals surface area (Å²) in [6.45, 7) is 4.88. The zero-order valence-corrected chi connectivity index (χ0v) is 11.9. The van der Waals surface area contributed by atoms with Crippen LogP contribution in [0.25, 0.3) is 11.0 Å². The summed E-state index contributed by atoms with van der Waals surface area (Å²) in [6, 6.07) is 8.10. The van der Waals surface area contributed by atoms with Gasteiger partial charge in [-0.05, 0) is 45.0 Å². The van der Waals surface area contributed by atoms with Crippen LogP contribution in [0.1, 0.15) is 25.6 Å². The number of Topliss-reactive ketones (excluding diaryl/α,β-unsaturated/α-hetero) is 1. The van der Waals surface area contributed by atoms with Crippen molar-refractivity contribution in [3.63, 3.8) is 0 Å². The minimum atomic E-state index is 0.210. The number of para-hydroxylation sites is 2. The number of carbonyl (C=O) groups excluding carboxylic acids is 1. The Hall–Kier alpha value is -1.68. The van der Waals surface area contributed by atoms with E-state index in [9.17, 15) is 4.79 Å². The molecule has 1 fully saturated rings. The Morgan fingerprint density at radius 2 is 2.10 bits per heavy atom. The van der Waals surface area contributed by atoms with Crippen LogP contribution in [0.5, 0.6) is 0 Å². The lowest BCUT2D eigenvalue weighted by atomic mass is 9.92. The van der Waals surface area contributed by atoms with Crippen LogP contribution in [-0.4, -0.2) is 28.4 Å². The molecule has 0 spiro atoms. The van der Waals surface area contributed by atoms with Gasteiger partial charge in [-0.25, -0.2) is 4.98 Å². The zero-order valence-electron chi connectivity index (χ0n) is 11.9. The maximum Gasteiger partial charge on any atom is 0.143 e. The van der Waals surface area contributed by atoms with Crippen molar-refractivity contribution in [3.8, 4) is 0 Å². The van der Waals surface area contributed by atoms with Gasteiger partial charge in [-0.15, -0.1) is 0 Å². The molecule has 0 aliphatic carbocycles. The molecule has 20 heavy (non-hydrogen) atoms. The molecule has 4 heteroatoms. The molecule has 0 unspecified atom stereocenters. The highest BCUT2D eigenvalue weighted by molar-refractivity contribution is 5.84. The van der Waals surface area contributed by atoms with Gasteiger partial charge in [-0.2, -0.15) is 0 Å². The first-order valence-electron chi connectivity index (χ1n) is 7.47. The second-order valence-corrected chi connectivity index (χ2v) is 5.43. The third-order valence-electron chi connectivity index (χ3n) is 4.18. The normalized spacial score (nSPS) is 16.6. The molecule has 4 nitrogen and oxygen atoms in total. The highest BCUT2D eigenvalue weighted by Crippen LogP contribution is 2.19. The van der Waals surface area contributed by atoms with E-state index in [0.29, 0.717) is 12.2 Å². The van der Waals surface area contributed by atoms with Crippen LogP contribution in [0.4, 0.5) is 0 Å². The van der Waals surface area contributed by atoms with E-state index < -0.39 is 0 Å². The van der Waals surface area contributed by atoms with Crippen molar-refractivity contribution < 1.29 is 4.79 Å². The van der Waals surface area contributed by atoms with Gasteiger partial charge in [0.1, 0.15) is 11.6 Å². The van der Waals surface area contributed by atoms with Crippen molar-refractivity contribution in [2.24, 2.45) is 5.92 Å². The summed E-state index contributed by atoms with van der Waals surface area (Å²) in [4.78, 5) is 17.1. The van der Waals surface area contributed by atoms with Crippen molar-refractivity contribution >= 4 is 16.8 Å². The monoisotopic (exact) mass is 271 g/mol. The lowest BCUT2D eigenvalue weighted by molar-refractivity contribution is -0.123. The van der Waals surface area contributed by atoms with E-state index >= 15 is 0 Å². The molecule has 3 rings (SSSR count). The van der Waals surface area contributed by atoms with E-state index in [2.05, 4.69) is 27.9 Å². The number of hydrogen-bond acceptors (Lipinski definition) is 3. The fourth-order valence-corrected chi connectivity index (χ4v) is 3.06. The summed E-state index contributed by atoms with van der Waals surface area (Å²) in [5.41, 5.74) is 2.12. The van der Waals surface area contributed by atoms with Crippen molar-refractivity contribution in [2.75, 3.05) is 13.1 Å². The average Bonchev–Trinajstić information content (AvgIpc) is 2.85. The molecule has 2 aromatic rings. The number of fused-ring (bicyclic) bond motifs is 1. The van der Waals surface area contributed by atoms with Gasteiger partial charge in [0.15, 0.2) is 0 Å². The summed E-state index contributed by atoms with van der Waals surface area (Å²) in [5, 5.41) is 3.30. The van der Waals surface area contributed by atoms with E-state index in [4.69, 9.17) is 0 Å². The van der Waals surface area contributed by atoms with Crippen LogP contribution in [0, 0.1) is 5.92 Å². The van der Waals surface area contributed by atoms with E-state index in [1.165, 1.54) is 0 Å². The van der Waals surface area contributed by atoms with Crippen LogP contribution >= 0.6 is 0 Å². The van der Waals surface area contributed by atoms with Gasteiger partial charge in [-0.3, -0.25) is 4.79 Å². The van der Waals surface area contributed by atoms with E-state index in [-0.39, 0.29) is 5.92 Å². The molecule has 0 radical (unpaired) electrons. The van der Waals surface area contributed by atoms with E-state index in [1.807, 2.05) is 18.2 Å². The number of nitrogens with one attached hydrogen (secondary N) is 1. The summed E-state index contributed by atoms with van der Waals surface area (Å²) in [7, 11) is 0. The number of imidazole rings is 1. The fraction of sp³-hybridized carbons (Fsp3) is 0.500. The van der Waals surface area contributed by atoms with Crippen LogP contribution in [0.3, 0.4) is 0 Å². The van der Waals surface area contributed by atoms with Crippen molar-refractivity contribution in [1.29, 1.82) is 0 Å². The molecule has 1 aliphatic rings. The maximum atomic E-state index is 12.4. The quantitative estimate of drug-likeness (QED) is 0.927. The molecule has 0 bridgehead atoms. The molecule has 1 aliphatic heterocycles. The number of rotatable bonds is 4. The van der Waals surface area contributed by atoms with Gasteiger partial charge in [0.25, 0.3) is 0 Å². The number of ketones is 1. The van der Waals surface area contributed by atoms with E-state index in [1.54, 1.807) is 0 Å². The average molecular weight is 271 g/mol. The molecule has 1 aromatic carbocycles. The molecule has 106 valence electrons. The number of aromatic nitrogens is 2. The number of aryl methyl sites for hydroxylation is 1. The number of hydrogen-bond donors (Lipinski definition) is 1. The molecule has 1 aromatic heterocycles. The Morgan fingerprint density at radius 1 is 1.35 bits per heavy atom. The number of carbonyl (C=O) groups is 1. The predicted octanol–water partition coefficient (Wildman–Crippen LogP) is 2.17. The van der Waals surface area contributed by atoms with Crippen molar-refractivity contribution in [2.45, 2.75) is 32.7 Å². The Labute approximate surface area is 119 Å². The Morgan fingerprint density at radius 3 is 2.85 bits per heavy atom.